The van der Waals surface area contributed by atoms with Crippen molar-refractivity contribution in [1.82, 2.24) is 9.80 Å². The number of esters is 2. The van der Waals surface area contributed by atoms with E-state index in [1.807, 2.05) is 48.5 Å². The van der Waals surface area contributed by atoms with Gasteiger partial charge in [0.1, 0.15) is 0 Å². The van der Waals surface area contributed by atoms with Gasteiger partial charge in [-0.15, -0.1) is 0 Å². The van der Waals surface area contributed by atoms with Crippen LogP contribution in [0.1, 0.15) is 101 Å². The molecule has 0 aromatic heterocycles. The van der Waals surface area contributed by atoms with Crippen LogP contribution >= 0.6 is 58.2 Å². The second kappa shape index (κ2) is 23.0. The number of nitrogens with zero attached hydrogens (tertiary/aromatic N) is 2. The van der Waals surface area contributed by atoms with E-state index in [0.717, 1.165) is 33.4 Å². The Morgan fingerprint density at radius 1 is 0.615 bits per heavy atom. The van der Waals surface area contributed by atoms with Gasteiger partial charge in [-0.1, -0.05) is 134 Å². The first-order valence-corrected chi connectivity index (χ1v) is 24.6. The Kier molecular flexibility index (Phi) is 17.7. The molecule has 0 aliphatic carbocycles. The summed E-state index contributed by atoms with van der Waals surface area (Å²) in [5, 5.41) is 1.05. The molecule has 13 heteroatoms. The summed E-state index contributed by atoms with van der Waals surface area (Å²) >= 11 is 30.3. The van der Waals surface area contributed by atoms with Crippen LogP contribution in [0.2, 0.25) is 20.1 Å². The highest BCUT2D eigenvalue weighted by Gasteiger charge is 2.31. The lowest BCUT2D eigenvalue weighted by Crippen LogP contribution is -2.42. The molecule has 2 unspecified atom stereocenters. The molecule has 2 saturated heterocycles. The molecule has 65 heavy (non-hydrogen) atoms. The molecular formula is C52H56Cl4N2O6S. The summed E-state index contributed by atoms with van der Waals surface area (Å²) in [6.07, 6.45) is 9.13. The Morgan fingerprint density at radius 2 is 1.00 bits per heavy atom. The molecule has 2 aliphatic heterocycles. The number of halogens is 4. The first-order chi connectivity index (χ1) is 31.1. The molecule has 2 heterocycles. The quantitative estimate of drug-likeness (QED) is 0.0918. The summed E-state index contributed by atoms with van der Waals surface area (Å²) in [4.78, 5) is 57.1. The van der Waals surface area contributed by atoms with E-state index in [1.165, 1.54) is 23.9 Å². The standard InChI is InChI=1S/C52H56Cl4N2O6S/c1-7-63-51(61)33-15-13-25-57(29-33)45(59)23-21-39-41(37-19-11-9-17-35(37)31(3)4)27-43(49(55)47(39)53)65-44-28-42(38-20-12-10-18-36(38)32(5)6)40(48(54)50(44)56)22-24-46(60)58-26-14-16-34(30-58)52(62)64-8-2/h9-12,17-24,27-28,31-34H,7-8,13-16,25-26,29-30H2,1-6H3/b23-21+,24-22+. The van der Waals surface area contributed by atoms with Crippen molar-refractivity contribution < 1.29 is 28.7 Å². The highest BCUT2D eigenvalue weighted by molar-refractivity contribution is 7.99. The minimum atomic E-state index is -0.372. The number of ether oxygens (including phenoxy) is 2. The number of likely N-dealkylation sites (tertiary alicyclic amines) is 2. The topological polar surface area (TPSA) is 93.2 Å². The summed E-state index contributed by atoms with van der Waals surface area (Å²) in [5.74, 6) is -1.49. The van der Waals surface area contributed by atoms with Crippen LogP contribution in [-0.2, 0) is 28.7 Å². The highest BCUT2D eigenvalue weighted by Crippen LogP contribution is 2.50. The second-order valence-electron chi connectivity index (χ2n) is 16.9. The van der Waals surface area contributed by atoms with E-state index in [4.69, 9.17) is 55.9 Å². The van der Waals surface area contributed by atoms with Crippen molar-refractivity contribution in [3.05, 3.63) is 115 Å². The summed E-state index contributed by atoms with van der Waals surface area (Å²) in [5.41, 5.74) is 6.71. The lowest BCUT2D eigenvalue weighted by atomic mass is 9.90. The Morgan fingerprint density at radius 3 is 1.37 bits per heavy atom. The largest absolute Gasteiger partial charge is 0.466 e. The van der Waals surface area contributed by atoms with Crippen LogP contribution in [-0.4, -0.2) is 72.9 Å². The molecule has 2 aliphatic rings. The maximum absolute atomic E-state index is 13.7. The van der Waals surface area contributed by atoms with Crippen molar-refractivity contribution in [2.75, 3.05) is 39.4 Å². The average Bonchev–Trinajstić information content (AvgIpc) is 3.31. The van der Waals surface area contributed by atoms with Gasteiger partial charge >= 0.3 is 11.9 Å². The van der Waals surface area contributed by atoms with E-state index in [2.05, 4.69) is 39.8 Å². The number of hydrogen-bond donors (Lipinski definition) is 0. The number of hydrogen-bond acceptors (Lipinski definition) is 7. The van der Waals surface area contributed by atoms with Crippen LogP contribution in [0, 0.1) is 11.8 Å². The van der Waals surface area contributed by atoms with Gasteiger partial charge in [0.15, 0.2) is 0 Å². The minimum Gasteiger partial charge on any atom is -0.466 e. The SMILES string of the molecule is CCOC(=O)C1CCCN(C(=O)/C=C/c2c(-c3ccccc3C(C)C)cc(Sc3cc(-c4ccccc4C(C)C)c(/C=C/C(=O)N4CCCC(C(=O)OCC)C4)c(Cl)c3Cl)c(Cl)c2Cl)C1. The lowest BCUT2D eigenvalue weighted by molar-refractivity contribution is -0.152. The van der Waals surface area contributed by atoms with E-state index in [0.29, 0.717) is 59.7 Å². The minimum absolute atomic E-state index is 0.154. The van der Waals surface area contributed by atoms with Crippen LogP contribution in [0.5, 0.6) is 0 Å². The molecule has 0 spiro atoms. The maximum Gasteiger partial charge on any atom is 0.310 e. The molecule has 344 valence electrons. The number of carbonyl (C=O) groups is 4. The predicted octanol–water partition coefficient (Wildman–Crippen LogP) is 13.7. The predicted molar refractivity (Wildman–Crippen MR) is 266 cm³/mol. The maximum atomic E-state index is 13.7. The van der Waals surface area contributed by atoms with E-state index >= 15 is 0 Å². The number of carbonyl (C=O) groups excluding carboxylic acids is 4. The molecule has 0 N–H and O–H groups in total. The molecule has 2 amide bonds. The van der Waals surface area contributed by atoms with Crippen molar-refractivity contribution in [2.45, 2.75) is 88.9 Å². The second-order valence-corrected chi connectivity index (χ2v) is 19.5. The van der Waals surface area contributed by atoms with Gasteiger partial charge in [0.2, 0.25) is 11.8 Å². The summed E-state index contributed by atoms with van der Waals surface area (Å²) in [6, 6.07) is 20.1. The number of piperidine rings is 2. The first kappa shape index (κ1) is 50.2. The Bertz CT molecular complexity index is 2320. The number of amides is 2. The zero-order valence-electron chi connectivity index (χ0n) is 37.7. The summed E-state index contributed by atoms with van der Waals surface area (Å²) in [7, 11) is 0. The Labute approximate surface area is 407 Å². The molecule has 8 nitrogen and oxygen atoms in total. The van der Waals surface area contributed by atoms with Gasteiger partial charge < -0.3 is 19.3 Å². The molecule has 0 saturated carbocycles. The van der Waals surface area contributed by atoms with Crippen molar-refractivity contribution in [1.29, 1.82) is 0 Å². The fourth-order valence-corrected chi connectivity index (χ4v) is 10.7. The first-order valence-electron chi connectivity index (χ1n) is 22.3. The van der Waals surface area contributed by atoms with E-state index < -0.39 is 0 Å². The van der Waals surface area contributed by atoms with Gasteiger partial charge in [0.25, 0.3) is 0 Å². The van der Waals surface area contributed by atoms with E-state index in [9.17, 15) is 19.2 Å². The molecule has 4 aromatic rings. The molecule has 0 radical (unpaired) electrons. The molecule has 2 fully saturated rings. The lowest BCUT2D eigenvalue weighted by Gasteiger charge is -2.30. The van der Waals surface area contributed by atoms with Gasteiger partial charge in [0, 0.05) is 59.2 Å². The van der Waals surface area contributed by atoms with Gasteiger partial charge in [0.05, 0.1) is 45.1 Å². The van der Waals surface area contributed by atoms with Gasteiger partial charge in [-0.2, -0.15) is 0 Å². The third kappa shape index (κ3) is 11.8. The van der Waals surface area contributed by atoms with Gasteiger partial charge in [-0.05, 0) is 109 Å². The molecule has 0 bridgehead atoms. The average molecular weight is 979 g/mol. The van der Waals surface area contributed by atoms with Crippen LogP contribution in [0.4, 0.5) is 0 Å². The number of benzene rings is 4. The monoisotopic (exact) mass is 976 g/mol. The van der Waals surface area contributed by atoms with Crippen LogP contribution in [0.3, 0.4) is 0 Å². The van der Waals surface area contributed by atoms with Crippen molar-refractivity contribution >= 4 is 94.1 Å². The fraction of sp³-hybridized carbons (Fsp3) is 0.385. The third-order valence-corrected chi connectivity index (χ3v) is 15.0. The molecule has 6 rings (SSSR count). The Balaban J connectivity index is 1.43. The highest BCUT2D eigenvalue weighted by atomic mass is 35.5. The van der Waals surface area contributed by atoms with Gasteiger partial charge in [-0.25, -0.2) is 0 Å². The van der Waals surface area contributed by atoms with Crippen molar-refractivity contribution in [2.24, 2.45) is 11.8 Å². The van der Waals surface area contributed by atoms with Crippen molar-refractivity contribution in [3.8, 4) is 22.3 Å². The Hall–Kier alpha value is -4.25. The molecular weight excluding hydrogens is 922 g/mol. The number of rotatable bonds is 14. The zero-order chi connectivity index (χ0) is 46.9. The summed E-state index contributed by atoms with van der Waals surface area (Å²) in [6.45, 7) is 14.2. The van der Waals surface area contributed by atoms with Crippen molar-refractivity contribution in [3.63, 3.8) is 0 Å². The summed E-state index contributed by atoms with van der Waals surface area (Å²) < 4.78 is 10.5. The van der Waals surface area contributed by atoms with Crippen LogP contribution < -0.4 is 0 Å². The van der Waals surface area contributed by atoms with E-state index in [-0.39, 0.29) is 93.8 Å². The fourth-order valence-electron chi connectivity index (χ4n) is 8.54. The molecule has 2 atom stereocenters. The van der Waals surface area contributed by atoms with Crippen LogP contribution in [0.15, 0.2) is 82.6 Å². The van der Waals surface area contributed by atoms with Crippen LogP contribution in [0.25, 0.3) is 34.4 Å². The van der Waals surface area contributed by atoms with E-state index in [1.54, 1.807) is 35.8 Å². The smallest absolute Gasteiger partial charge is 0.310 e. The van der Waals surface area contributed by atoms with Gasteiger partial charge in [-0.3, -0.25) is 19.2 Å². The third-order valence-electron chi connectivity index (χ3n) is 11.9. The normalized spacial score (nSPS) is 16.8. The molecule has 4 aromatic carbocycles. The zero-order valence-corrected chi connectivity index (χ0v) is 41.6.